The molecule has 1 atom stereocenters. The molecule has 29 heavy (non-hydrogen) atoms. The van der Waals surface area contributed by atoms with Crippen molar-refractivity contribution in [3.63, 3.8) is 0 Å². The molecule has 0 aliphatic rings. The summed E-state index contributed by atoms with van der Waals surface area (Å²) in [6, 6.07) is 19.6. The van der Waals surface area contributed by atoms with Crippen LogP contribution in [0.4, 0.5) is 11.4 Å². The second kappa shape index (κ2) is 10.1. The van der Waals surface area contributed by atoms with Crippen LogP contribution in [0.25, 0.3) is 0 Å². The van der Waals surface area contributed by atoms with E-state index in [2.05, 4.69) is 5.32 Å². The Morgan fingerprint density at radius 1 is 1.03 bits per heavy atom. The molecule has 0 bridgehead atoms. The van der Waals surface area contributed by atoms with Gasteiger partial charge in [-0.25, -0.2) is 0 Å². The molecular formula is C22H22ClN3O2S. The van der Waals surface area contributed by atoms with Gasteiger partial charge in [-0.2, -0.15) is 0 Å². The molecule has 3 rings (SSSR count). The Hall–Kier alpha value is -2.83. The van der Waals surface area contributed by atoms with Gasteiger partial charge in [0.1, 0.15) is 11.9 Å². The Kier molecular flexibility index (Phi) is 7.27. The van der Waals surface area contributed by atoms with E-state index in [1.165, 1.54) is 16.2 Å². The summed E-state index contributed by atoms with van der Waals surface area (Å²) in [7, 11) is 0. The summed E-state index contributed by atoms with van der Waals surface area (Å²) in [6.07, 6.45) is 0.703. The number of thiophene rings is 1. The van der Waals surface area contributed by atoms with Gasteiger partial charge in [0.15, 0.2) is 0 Å². The highest BCUT2D eigenvalue weighted by Crippen LogP contribution is 2.31. The molecule has 2 aromatic carbocycles. The van der Waals surface area contributed by atoms with Crippen LogP contribution in [-0.2, 0) is 16.0 Å². The minimum absolute atomic E-state index is 0.233. The number of nitrogens with two attached hydrogens (primary N) is 1. The Balaban J connectivity index is 1.85. The van der Waals surface area contributed by atoms with Crippen LogP contribution in [0, 0.1) is 0 Å². The molecule has 1 aromatic heterocycles. The highest BCUT2D eigenvalue weighted by atomic mass is 35.5. The first-order chi connectivity index (χ1) is 14.1. The van der Waals surface area contributed by atoms with Gasteiger partial charge in [0, 0.05) is 22.8 Å². The molecule has 1 unspecified atom stereocenters. The first-order valence-corrected chi connectivity index (χ1v) is 10.6. The molecule has 0 spiro atoms. The smallest absolute Gasteiger partial charge is 0.248 e. The maximum atomic E-state index is 13.2. The Bertz CT molecular complexity index is 930. The van der Waals surface area contributed by atoms with Gasteiger partial charge in [-0.15, -0.1) is 22.9 Å². The Morgan fingerprint density at radius 3 is 2.38 bits per heavy atom. The van der Waals surface area contributed by atoms with Crippen LogP contribution >= 0.6 is 22.9 Å². The van der Waals surface area contributed by atoms with Gasteiger partial charge in [0.25, 0.3) is 0 Å². The molecule has 0 saturated heterocycles. The van der Waals surface area contributed by atoms with Crippen LogP contribution in [0.1, 0.15) is 16.5 Å². The van der Waals surface area contributed by atoms with E-state index in [-0.39, 0.29) is 17.7 Å². The van der Waals surface area contributed by atoms with E-state index in [1.807, 2.05) is 47.8 Å². The maximum absolute atomic E-state index is 13.2. The van der Waals surface area contributed by atoms with Gasteiger partial charge >= 0.3 is 0 Å². The van der Waals surface area contributed by atoms with E-state index in [0.717, 1.165) is 10.4 Å². The highest BCUT2D eigenvalue weighted by molar-refractivity contribution is 7.10. The average molecular weight is 428 g/mol. The summed E-state index contributed by atoms with van der Waals surface area (Å²) in [5.41, 5.74) is 8.06. The maximum Gasteiger partial charge on any atom is 0.248 e. The zero-order valence-corrected chi connectivity index (χ0v) is 17.3. The lowest BCUT2D eigenvalue weighted by atomic mass is 10.1. The van der Waals surface area contributed by atoms with Crippen LogP contribution in [-0.4, -0.2) is 24.2 Å². The number of carbonyl (C=O) groups excluding carboxylic acids is 2. The summed E-state index contributed by atoms with van der Waals surface area (Å²) < 4.78 is 0. The van der Waals surface area contributed by atoms with Crippen molar-refractivity contribution in [2.45, 2.75) is 12.5 Å². The fourth-order valence-corrected chi connectivity index (χ4v) is 3.97. The Morgan fingerprint density at radius 2 is 1.76 bits per heavy atom. The van der Waals surface area contributed by atoms with E-state index < -0.39 is 6.04 Å². The number of carbonyl (C=O) groups is 2. The topological polar surface area (TPSA) is 75.4 Å². The van der Waals surface area contributed by atoms with Crippen molar-refractivity contribution < 1.29 is 9.59 Å². The molecule has 0 radical (unpaired) electrons. The van der Waals surface area contributed by atoms with E-state index in [4.69, 9.17) is 17.3 Å². The zero-order valence-electron chi connectivity index (χ0n) is 15.8. The van der Waals surface area contributed by atoms with Crippen molar-refractivity contribution in [3.05, 3.63) is 82.6 Å². The molecule has 1 heterocycles. The molecule has 0 aliphatic heterocycles. The first-order valence-electron chi connectivity index (χ1n) is 9.18. The van der Waals surface area contributed by atoms with Crippen molar-refractivity contribution in [1.29, 1.82) is 0 Å². The van der Waals surface area contributed by atoms with Crippen LogP contribution in [0.5, 0.6) is 0 Å². The van der Waals surface area contributed by atoms with Crippen LogP contribution in [0.15, 0.2) is 72.1 Å². The van der Waals surface area contributed by atoms with Crippen molar-refractivity contribution in [2.24, 2.45) is 0 Å². The summed E-state index contributed by atoms with van der Waals surface area (Å²) in [5, 5.41) is 4.85. The number of rotatable bonds is 8. The van der Waals surface area contributed by atoms with Gasteiger partial charge in [-0.1, -0.05) is 36.4 Å². The Labute approximate surface area is 179 Å². The van der Waals surface area contributed by atoms with Crippen molar-refractivity contribution in [3.8, 4) is 0 Å². The number of halogens is 1. The average Bonchev–Trinajstić information content (AvgIpc) is 3.27. The standard InChI is InChI=1S/C22H22ClN3O2S/c23-15-20(27)26(18-10-8-17(24)9-11-18)21(19-7-4-14-29-19)22(28)25-13-12-16-5-2-1-3-6-16/h1-11,14,21H,12-13,15,24H2,(H,25,28). The van der Waals surface area contributed by atoms with E-state index in [9.17, 15) is 9.59 Å². The molecule has 0 aliphatic carbocycles. The number of anilines is 2. The van der Waals surface area contributed by atoms with Crippen molar-refractivity contribution in [2.75, 3.05) is 23.1 Å². The molecule has 7 heteroatoms. The number of hydrogen-bond donors (Lipinski definition) is 2. The largest absolute Gasteiger partial charge is 0.399 e. The van der Waals surface area contributed by atoms with Crippen LogP contribution in [0.3, 0.4) is 0 Å². The zero-order chi connectivity index (χ0) is 20.6. The number of hydrogen-bond acceptors (Lipinski definition) is 4. The van der Waals surface area contributed by atoms with Crippen LogP contribution < -0.4 is 16.0 Å². The molecule has 0 saturated carbocycles. The van der Waals surface area contributed by atoms with Gasteiger partial charge in [0.05, 0.1) is 0 Å². The lowest BCUT2D eigenvalue weighted by molar-refractivity contribution is -0.125. The monoisotopic (exact) mass is 427 g/mol. The van der Waals surface area contributed by atoms with Gasteiger partial charge in [-0.05, 0) is 47.7 Å². The normalized spacial score (nSPS) is 11.6. The quantitative estimate of drug-likeness (QED) is 0.421. The molecule has 3 aromatic rings. The second-order valence-electron chi connectivity index (χ2n) is 6.43. The minimum atomic E-state index is -0.805. The van der Waals surface area contributed by atoms with E-state index >= 15 is 0 Å². The predicted molar refractivity (Wildman–Crippen MR) is 119 cm³/mol. The molecule has 3 N–H and O–H groups in total. The number of nitrogens with zero attached hydrogens (tertiary/aromatic N) is 1. The third kappa shape index (κ3) is 5.37. The third-order valence-corrected chi connectivity index (χ3v) is 5.58. The number of benzene rings is 2. The molecule has 5 nitrogen and oxygen atoms in total. The number of nitrogen functional groups attached to an aromatic ring is 1. The summed E-state index contributed by atoms with van der Waals surface area (Å²) in [4.78, 5) is 28.1. The summed E-state index contributed by atoms with van der Waals surface area (Å²) >= 11 is 7.30. The van der Waals surface area contributed by atoms with Gasteiger partial charge in [0.2, 0.25) is 11.8 Å². The summed E-state index contributed by atoms with van der Waals surface area (Å²) in [5.74, 6) is -0.837. The third-order valence-electron chi connectivity index (χ3n) is 4.43. The van der Waals surface area contributed by atoms with E-state index in [0.29, 0.717) is 24.3 Å². The van der Waals surface area contributed by atoms with E-state index in [1.54, 1.807) is 24.3 Å². The molecule has 2 amide bonds. The SMILES string of the molecule is Nc1ccc(N(C(=O)CCl)C(C(=O)NCCc2ccccc2)c2cccs2)cc1. The van der Waals surface area contributed by atoms with Crippen molar-refractivity contribution in [1.82, 2.24) is 5.32 Å². The second-order valence-corrected chi connectivity index (χ2v) is 7.68. The number of alkyl halides is 1. The fraction of sp³-hybridized carbons (Fsp3) is 0.182. The van der Waals surface area contributed by atoms with Gasteiger partial charge in [-0.3, -0.25) is 14.5 Å². The fourth-order valence-electron chi connectivity index (χ4n) is 3.03. The molecular weight excluding hydrogens is 406 g/mol. The minimum Gasteiger partial charge on any atom is -0.399 e. The number of amides is 2. The first kappa shape index (κ1) is 20.9. The highest BCUT2D eigenvalue weighted by Gasteiger charge is 2.32. The number of nitrogens with one attached hydrogen (secondary N) is 1. The van der Waals surface area contributed by atoms with Crippen LogP contribution in [0.2, 0.25) is 0 Å². The predicted octanol–water partition coefficient (Wildman–Crippen LogP) is 4.00. The van der Waals surface area contributed by atoms with Crippen molar-refractivity contribution >= 4 is 46.1 Å². The molecule has 0 fully saturated rings. The lowest BCUT2D eigenvalue weighted by Crippen LogP contribution is -2.44. The molecule has 150 valence electrons. The summed E-state index contributed by atoms with van der Waals surface area (Å²) in [6.45, 7) is 0.468. The van der Waals surface area contributed by atoms with Gasteiger partial charge < -0.3 is 11.1 Å². The lowest BCUT2D eigenvalue weighted by Gasteiger charge is -2.30.